The summed E-state index contributed by atoms with van der Waals surface area (Å²) in [7, 11) is 0. The van der Waals surface area contributed by atoms with Gasteiger partial charge >= 0.3 is 18.1 Å². The number of aromatic amines is 1. The number of carboxylic acid groups (broad SMARTS) is 1. The molecule has 27 nitrogen and oxygen atoms in total. The van der Waals surface area contributed by atoms with Gasteiger partial charge in [0.05, 0.1) is 112 Å². The van der Waals surface area contributed by atoms with Crippen LogP contribution in [0.4, 0.5) is 29.7 Å². The predicted octanol–water partition coefficient (Wildman–Crippen LogP) is 4.97. The number of benzene rings is 4. The van der Waals surface area contributed by atoms with Gasteiger partial charge in [-0.05, 0) is 85.0 Å². The normalized spacial score (nSPS) is 12.6. The van der Waals surface area contributed by atoms with Crippen LogP contribution in [0, 0.1) is 17.6 Å². The SMILES string of the molecule is CC(C)C(NC(=O)CCOCCOCCOCCOCCN1C(=O)C=CC1=O)C(=O)NC(CCCNC(N)=O)C(=O)Nc1ccc(COC(=O)NCCOc2cnc3ccc(-c4nc(CNc5cccc(C(=O)O)c5F)[nH]c4-c4ccc(F)cc4)cc3n2)cc1. The van der Waals surface area contributed by atoms with Crippen molar-refractivity contribution < 1.29 is 80.7 Å². The van der Waals surface area contributed by atoms with Gasteiger partial charge in [-0.2, -0.15) is 0 Å². The number of primary amides is 1. The fourth-order valence-electron chi connectivity index (χ4n) is 8.75. The number of carboxylic acids is 1. The van der Waals surface area contributed by atoms with Crippen molar-refractivity contribution in [3.8, 4) is 28.4 Å². The number of alkyl carbamates (subject to hydrolysis) is 1. The maximum absolute atomic E-state index is 14.9. The Labute approximate surface area is 515 Å². The van der Waals surface area contributed by atoms with E-state index in [4.69, 9.17) is 39.1 Å². The highest BCUT2D eigenvalue weighted by atomic mass is 19.1. The largest absolute Gasteiger partial charge is 0.478 e. The van der Waals surface area contributed by atoms with Gasteiger partial charge in [-0.3, -0.25) is 28.9 Å². The van der Waals surface area contributed by atoms with Gasteiger partial charge in [0.25, 0.3) is 11.8 Å². The van der Waals surface area contributed by atoms with E-state index in [1.54, 1.807) is 68.4 Å². The van der Waals surface area contributed by atoms with E-state index in [1.165, 1.54) is 42.6 Å². The van der Waals surface area contributed by atoms with Gasteiger partial charge in [-0.25, -0.2) is 38.1 Å². The van der Waals surface area contributed by atoms with Crippen molar-refractivity contribution in [2.75, 3.05) is 89.7 Å². The number of nitrogens with two attached hydrogens (primary N) is 1. The van der Waals surface area contributed by atoms with Crippen LogP contribution in [-0.2, 0) is 60.8 Å². The number of carbonyl (C=O) groups is 8. The number of urea groups is 1. The van der Waals surface area contributed by atoms with Crippen molar-refractivity contribution in [3.63, 3.8) is 0 Å². The van der Waals surface area contributed by atoms with E-state index < -0.39 is 65.1 Å². The summed E-state index contributed by atoms with van der Waals surface area (Å²) >= 11 is 0. The summed E-state index contributed by atoms with van der Waals surface area (Å²) in [6.07, 6.45) is 3.42. The molecule has 0 fully saturated rings. The molecule has 1 aliphatic rings. The highest BCUT2D eigenvalue weighted by Gasteiger charge is 2.29. The third-order valence-electron chi connectivity index (χ3n) is 13.4. The summed E-state index contributed by atoms with van der Waals surface area (Å²) in [5, 5.41) is 25.5. The van der Waals surface area contributed by atoms with Crippen LogP contribution in [0.3, 0.4) is 0 Å². The zero-order valence-electron chi connectivity index (χ0n) is 49.4. The van der Waals surface area contributed by atoms with E-state index in [9.17, 15) is 52.2 Å². The standard InChI is InChI=1S/C61H70F2N12O15/c1-37(2)54(74-49(76)20-24-85-27-29-87-31-32-88-30-28-86-26-23-75-51(77)18-19-52(75)78)58(80)71-46(7-4-21-65-60(64)83)57(79)69-42-15-8-38(9-16-42)36-90-61(84)66-22-25-89-50-35-68-44-17-12-40(33-47(44)70-50)56-55(39-10-13-41(62)14-11-39)72-48(73-56)34-67-45-6-3-5-43(53(45)63)59(81)82/h3,5-6,8-19,33,35,37,46,54,67H,4,7,20-32,34,36H2,1-2H3,(H,66,84)(H,69,79)(H,71,80)(H,72,73)(H,74,76)(H,81,82)(H3,64,65,83). The first-order valence-electron chi connectivity index (χ1n) is 28.7. The lowest BCUT2D eigenvalue weighted by atomic mass is 10.0. The van der Waals surface area contributed by atoms with E-state index in [0.717, 1.165) is 11.0 Å². The Bertz CT molecular complexity index is 3460. The average Bonchev–Trinajstić information content (AvgIpc) is 1.68. The Balaban J connectivity index is 0.815. The Morgan fingerprint density at radius 1 is 0.733 bits per heavy atom. The highest BCUT2D eigenvalue weighted by molar-refractivity contribution is 6.12. The monoisotopic (exact) mass is 1250 g/mol. The second-order valence-corrected chi connectivity index (χ2v) is 20.3. The van der Waals surface area contributed by atoms with Gasteiger partial charge in [0, 0.05) is 41.9 Å². The minimum absolute atomic E-state index is 0.00998. The van der Waals surface area contributed by atoms with Crippen molar-refractivity contribution >= 4 is 70.0 Å². The molecule has 8 amide bonds. The molecule has 1 aliphatic heterocycles. The predicted molar refractivity (Wildman–Crippen MR) is 321 cm³/mol. The van der Waals surface area contributed by atoms with Crippen molar-refractivity contribution in [1.29, 1.82) is 0 Å². The molecule has 0 radical (unpaired) electrons. The molecule has 29 heteroatoms. The minimum Gasteiger partial charge on any atom is -0.478 e. The maximum atomic E-state index is 14.9. The molecule has 0 spiro atoms. The molecule has 3 heterocycles. The van der Waals surface area contributed by atoms with E-state index in [2.05, 4.69) is 46.9 Å². The highest BCUT2D eigenvalue weighted by Crippen LogP contribution is 2.33. The summed E-state index contributed by atoms with van der Waals surface area (Å²) in [6.45, 7) is 5.49. The first kappa shape index (κ1) is 67.5. The number of hydrogen-bond acceptors (Lipinski definition) is 18. The zero-order valence-corrected chi connectivity index (χ0v) is 49.4. The average molecular weight is 1250 g/mol. The smallest absolute Gasteiger partial charge is 0.407 e. The number of amides is 8. The molecule has 0 saturated heterocycles. The molecule has 4 aromatic carbocycles. The Hall–Kier alpha value is -9.97. The number of halogens is 2. The number of ether oxygens (including phenoxy) is 6. The second kappa shape index (κ2) is 34.5. The number of nitrogens with zero attached hydrogens (tertiary/aromatic N) is 4. The Morgan fingerprint density at radius 3 is 2.09 bits per heavy atom. The van der Waals surface area contributed by atoms with Gasteiger partial charge in [-0.15, -0.1) is 0 Å². The fourth-order valence-corrected chi connectivity index (χ4v) is 8.75. The van der Waals surface area contributed by atoms with Crippen LogP contribution in [0.5, 0.6) is 5.88 Å². The van der Waals surface area contributed by atoms with Gasteiger partial charge in [0.1, 0.15) is 36.9 Å². The molecule has 0 aliphatic carbocycles. The summed E-state index contributed by atoms with van der Waals surface area (Å²) in [5.41, 5.74) is 8.79. The third kappa shape index (κ3) is 21.1. The van der Waals surface area contributed by atoms with Crippen LogP contribution in [0.2, 0.25) is 0 Å². The van der Waals surface area contributed by atoms with E-state index in [1.807, 2.05) is 0 Å². The quantitative estimate of drug-likeness (QED) is 0.0183. The molecule has 7 rings (SSSR count). The Morgan fingerprint density at radius 2 is 1.41 bits per heavy atom. The van der Waals surface area contributed by atoms with Gasteiger partial charge in [0.2, 0.25) is 23.6 Å². The van der Waals surface area contributed by atoms with Crippen LogP contribution in [0.1, 0.15) is 54.9 Å². The molecule has 2 atom stereocenters. The number of anilines is 2. The molecular formula is C61H70F2N12O15. The minimum atomic E-state index is -1.41. The number of rotatable bonds is 37. The lowest BCUT2D eigenvalue weighted by molar-refractivity contribution is -0.137. The zero-order chi connectivity index (χ0) is 64.4. The number of hydrogen-bond donors (Lipinski definition) is 9. The second-order valence-electron chi connectivity index (χ2n) is 20.3. The van der Waals surface area contributed by atoms with Crippen LogP contribution >= 0.6 is 0 Å². The number of imide groups is 1. The number of imidazole rings is 1. The molecule has 90 heavy (non-hydrogen) atoms. The molecular weight excluding hydrogens is 1180 g/mol. The number of carbonyl (C=O) groups excluding carboxylic acids is 7. The van der Waals surface area contributed by atoms with E-state index >= 15 is 0 Å². The number of H-pyrrole nitrogens is 1. The molecule has 0 saturated carbocycles. The van der Waals surface area contributed by atoms with Crippen molar-refractivity contribution in [2.45, 2.75) is 58.3 Å². The van der Waals surface area contributed by atoms with Gasteiger partial charge in [-0.1, -0.05) is 38.1 Å². The van der Waals surface area contributed by atoms with Gasteiger partial charge in [0.15, 0.2) is 5.82 Å². The summed E-state index contributed by atoms with van der Waals surface area (Å²) < 4.78 is 61.9. The topological polar surface area (TPSA) is 368 Å². The molecule has 478 valence electrons. The molecule has 2 aromatic heterocycles. The summed E-state index contributed by atoms with van der Waals surface area (Å²) in [4.78, 5) is 117. The lowest BCUT2D eigenvalue weighted by Gasteiger charge is -2.25. The molecule has 10 N–H and O–H groups in total. The van der Waals surface area contributed by atoms with Gasteiger partial charge < -0.3 is 76.1 Å². The first-order valence-corrected chi connectivity index (χ1v) is 28.7. The van der Waals surface area contributed by atoms with Crippen molar-refractivity contribution in [1.82, 2.24) is 46.1 Å². The fraction of sp³-hybridized carbons (Fsp3) is 0.361. The van der Waals surface area contributed by atoms with Crippen molar-refractivity contribution in [3.05, 3.63) is 132 Å². The summed E-state index contributed by atoms with van der Waals surface area (Å²) in [5.74, 6) is -5.00. The number of fused-ring (bicyclic) bond motifs is 1. The van der Waals surface area contributed by atoms with Crippen LogP contribution in [0.25, 0.3) is 33.5 Å². The van der Waals surface area contributed by atoms with E-state index in [0.29, 0.717) is 63.8 Å². The molecule has 2 unspecified atom stereocenters. The van der Waals surface area contributed by atoms with Crippen LogP contribution in [0.15, 0.2) is 103 Å². The van der Waals surface area contributed by atoms with Crippen molar-refractivity contribution in [2.24, 2.45) is 11.7 Å². The number of aromatic nitrogens is 4. The number of nitrogens with one attached hydrogen (secondary N) is 7. The maximum Gasteiger partial charge on any atom is 0.407 e. The Kier molecular flexibility index (Phi) is 25.9. The third-order valence-corrected chi connectivity index (χ3v) is 13.4. The molecule has 6 aromatic rings. The summed E-state index contributed by atoms with van der Waals surface area (Å²) in [6, 6.07) is 18.6. The number of aromatic carboxylic acids is 1. The first-order chi connectivity index (χ1) is 43.4. The van der Waals surface area contributed by atoms with E-state index in [-0.39, 0.29) is 128 Å². The lowest BCUT2D eigenvalue weighted by Crippen LogP contribution is -2.54. The van der Waals surface area contributed by atoms with Crippen LogP contribution < -0.4 is 42.4 Å². The van der Waals surface area contributed by atoms with Crippen LogP contribution in [-0.4, -0.2) is 169 Å². The molecule has 0 bridgehead atoms.